The van der Waals surface area contributed by atoms with Crippen molar-refractivity contribution in [3.8, 4) is 17.0 Å². The highest BCUT2D eigenvalue weighted by atomic mass is 35.5. The van der Waals surface area contributed by atoms with Gasteiger partial charge in [-0.05, 0) is 30.2 Å². The van der Waals surface area contributed by atoms with Crippen LogP contribution in [0.1, 0.15) is 35.1 Å². The Kier molecular flexibility index (Phi) is 7.25. The molecule has 16 heteroatoms. The van der Waals surface area contributed by atoms with Crippen LogP contribution in [0.25, 0.3) is 11.3 Å². The van der Waals surface area contributed by atoms with E-state index in [1.54, 1.807) is 12.3 Å². The monoisotopic (exact) mass is 659 g/mol. The second kappa shape index (κ2) is 11.0. The summed E-state index contributed by atoms with van der Waals surface area (Å²) in [5.74, 6) is -1.89. The smallest absolute Gasteiger partial charge is 0.418 e. The van der Waals surface area contributed by atoms with Gasteiger partial charge < -0.3 is 36.5 Å². The minimum Gasteiger partial charge on any atom is -0.422 e. The van der Waals surface area contributed by atoms with Crippen LogP contribution >= 0.6 is 11.6 Å². The number of aryl methyl sites for hydroxylation is 1. The van der Waals surface area contributed by atoms with E-state index in [1.165, 1.54) is 6.92 Å². The van der Waals surface area contributed by atoms with Crippen molar-refractivity contribution < 1.29 is 27.0 Å². The highest BCUT2D eigenvalue weighted by molar-refractivity contribution is 6.38. The van der Waals surface area contributed by atoms with Crippen LogP contribution in [-0.2, 0) is 10.9 Å². The van der Waals surface area contributed by atoms with Gasteiger partial charge in [-0.2, -0.15) is 13.2 Å². The zero-order chi connectivity index (χ0) is 32.5. The van der Waals surface area contributed by atoms with Gasteiger partial charge in [0.1, 0.15) is 24.3 Å². The number of hydrogen-bond donors (Lipinski definition) is 4. The second-order valence-electron chi connectivity index (χ2n) is 11.9. The average Bonchev–Trinajstić information content (AvgIpc) is 3.16. The van der Waals surface area contributed by atoms with Crippen molar-refractivity contribution in [2.45, 2.75) is 37.5 Å². The lowest BCUT2D eigenvalue weighted by molar-refractivity contribution is -0.137. The molecule has 1 spiro atoms. The number of alkyl halides is 3. The maximum atomic E-state index is 17.0. The lowest BCUT2D eigenvalue weighted by atomic mass is 9.86. The summed E-state index contributed by atoms with van der Waals surface area (Å²) in [7, 11) is 0. The number of benzene rings is 1. The largest absolute Gasteiger partial charge is 0.422 e. The Hall–Kier alpha value is -4.21. The molecule has 0 unspecified atom stereocenters. The van der Waals surface area contributed by atoms with Gasteiger partial charge in [0.2, 0.25) is 0 Å². The van der Waals surface area contributed by atoms with E-state index in [1.807, 2.05) is 17.9 Å². The fraction of sp³-hybridized carbons (Fsp3) is 0.400. The molecule has 2 fully saturated rings. The molecule has 0 amide bonds. The lowest BCUT2D eigenvalue weighted by Crippen LogP contribution is -2.74. The van der Waals surface area contributed by atoms with E-state index in [2.05, 4.69) is 25.6 Å². The van der Waals surface area contributed by atoms with Gasteiger partial charge >= 0.3 is 6.18 Å². The van der Waals surface area contributed by atoms with E-state index in [0.717, 1.165) is 6.07 Å². The summed E-state index contributed by atoms with van der Waals surface area (Å²) in [6.45, 7) is 5.70. The Morgan fingerprint density at radius 1 is 1.22 bits per heavy atom. The van der Waals surface area contributed by atoms with Crippen molar-refractivity contribution in [2.75, 3.05) is 56.3 Å². The number of nitrogens with two attached hydrogens (primary N) is 2. The fourth-order valence-corrected chi connectivity index (χ4v) is 6.98. The van der Waals surface area contributed by atoms with Gasteiger partial charge in [0, 0.05) is 31.7 Å². The summed E-state index contributed by atoms with van der Waals surface area (Å²) in [6, 6.07) is 3.96. The summed E-state index contributed by atoms with van der Waals surface area (Å²) >= 11 is 6.81. The van der Waals surface area contributed by atoms with Gasteiger partial charge in [0.25, 0.3) is 6.02 Å². The summed E-state index contributed by atoms with van der Waals surface area (Å²) < 4.78 is 72.2. The molecule has 7 rings (SSSR count). The van der Waals surface area contributed by atoms with Crippen LogP contribution in [0, 0.1) is 12.7 Å². The summed E-state index contributed by atoms with van der Waals surface area (Å²) in [6.07, 6.45) is -3.32. The quantitative estimate of drug-likeness (QED) is 0.304. The van der Waals surface area contributed by atoms with Crippen molar-refractivity contribution in [3.63, 3.8) is 0 Å². The maximum Gasteiger partial charge on any atom is 0.418 e. The highest BCUT2D eigenvalue weighted by Gasteiger charge is 2.49. The van der Waals surface area contributed by atoms with E-state index < -0.39 is 40.8 Å². The predicted molar refractivity (Wildman–Crippen MR) is 166 cm³/mol. The normalized spacial score (nSPS) is 20.8. The van der Waals surface area contributed by atoms with E-state index in [0.29, 0.717) is 49.9 Å². The molecular weight excluding hydrogens is 630 g/mol. The number of pyridine rings is 2. The number of hydrogen-bond acceptors (Lipinski definition) is 11. The first-order valence-corrected chi connectivity index (χ1v) is 15.0. The Morgan fingerprint density at radius 3 is 2.70 bits per heavy atom. The number of nitrogens with zero attached hydrogens (tertiary/aromatic N) is 5. The number of rotatable bonds is 3. The summed E-state index contributed by atoms with van der Waals surface area (Å²) in [5.41, 5.74) is 10.4. The Bertz CT molecular complexity index is 1800. The molecular formula is C30H30ClF4N9O2. The second-order valence-corrected chi connectivity index (χ2v) is 12.3. The SMILES string of the molecule is Cc1cc(N)nc(-c2c(F)c3c4c(c2Cl)NCN=C4[C@@H]([C@H](C)c2cccnc2N)N=C(N2CC4(COCCN4)C2)O3)c1C(F)(F)F. The van der Waals surface area contributed by atoms with Crippen molar-refractivity contribution in [1.29, 1.82) is 0 Å². The van der Waals surface area contributed by atoms with Crippen molar-refractivity contribution in [3.05, 3.63) is 57.5 Å². The average molecular weight is 660 g/mol. The standard InChI is InChI=1S/C30H30ClF4N9O2/c1-13-8-16(36)42-23(19(13)30(33,34)35)17-20(31)24-18-25(40-12-39-24)22(14(2)15-4-3-5-38-27(15)37)43-28(46-26(18)21(17)32)44-9-29(10-44)11-45-7-6-41-29/h3-5,8,14,22,39,41H,6-7,9-12H2,1-2H3,(H2,36,42)(H2,37,38)/t14-,22-/m1/s1. The third-order valence-electron chi connectivity index (χ3n) is 8.79. The number of halogens is 5. The maximum absolute atomic E-state index is 17.0. The van der Waals surface area contributed by atoms with E-state index in [9.17, 15) is 13.2 Å². The van der Waals surface area contributed by atoms with Crippen molar-refractivity contribution in [2.24, 2.45) is 9.98 Å². The molecule has 6 heterocycles. The first-order chi connectivity index (χ1) is 21.9. The number of amidine groups is 1. The molecule has 4 aliphatic rings. The molecule has 0 radical (unpaired) electrons. The van der Waals surface area contributed by atoms with Gasteiger partial charge in [0.05, 0.1) is 57.6 Å². The lowest BCUT2D eigenvalue weighted by Gasteiger charge is -2.52. The van der Waals surface area contributed by atoms with Crippen LogP contribution in [0.3, 0.4) is 0 Å². The zero-order valence-electron chi connectivity index (χ0n) is 24.8. The number of anilines is 3. The molecule has 4 aliphatic heterocycles. The summed E-state index contributed by atoms with van der Waals surface area (Å²) in [4.78, 5) is 19.6. The molecule has 6 N–H and O–H groups in total. The Balaban J connectivity index is 1.43. The zero-order valence-corrected chi connectivity index (χ0v) is 25.6. The summed E-state index contributed by atoms with van der Waals surface area (Å²) in [5, 5.41) is 6.16. The molecule has 2 aromatic heterocycles. The minimum absolute atomic E-state index is 0.00718. The topological polar surface area (TPSA) is 148 Å². The molecule has 242 valence electrons. The molecule has 2 saturated heterocycles. The molecule has 3 aromatic rings. The van der Waals surface area contributed by atoms with Gasteiger partial charge in [0.15, 0.2) is 11.6 Å². The van der Waals surface area contributed by atoms with E-state index >= 15 is 4.39 Å². The van der Waals surface area contributed by atoms with Gasteiger partial charge in [-0.15, -0.1) is 0 Å². The van der Waals surface area contributed by atoms with Crippen LogP contribution in [0.5, 0.6) is 5.75 Å². The first-order valence-electron chi connectivity index (χ1n) is 14.6. The molecule has 0 saturated carbocycles. The minimum atomic E-state index is -4.89. The Labute approximate surface area is 266 Å². The van der Waals surface area contributed by atoms with Gasteiger partial charge in [-0.25, -0.2) is 19.4 Å². The van der Waals surface area contributed by atoms with E-state index in [-0.39, 0.29) is 51.6 Å². The van der Waals surface area contributed by atoms with Crippen LogP contribution < -0.4 is 26.8 Å². The predicted octanol–water partition coefficient (Wildman–Crippen LogP) is 4.19. The van der Waals surface area contributed by atoms with Crippen molar-refractivity contribution in [1.82, 2.24) is 20.2 Å². The number of likely N-dealkylation sites (tertiary alicyclic amines) is 1. The van der Waals surface area contributed by atoms with Gasteiger partial charge in [-0.3, -0.25) is 4.99 Å². The van der Waals surface area contributed by atoms with Crippen molar-refractivity contribution >= 4 is 40.7 Å². The third-order valence-corrected chi connectivity index (χ3v) is 9.17. The number of nitrogens with one attached hydrogen (secondary N) is 2. The molecule has 0 bridgehead atoms. The number of ether oxygens (including phenoxy) is 2. The number of aliphatic imine (C=N–C) groups is 2. The van der Waals surface area contributed by atoms with E-state index in [4.69, 9.17) is 37.5 Å². The highest BCUT2D eigenvalue weighted by Crippen LogP contribution is 2.51. The number of aromatic nitrogens is 2. The fourth-order valence-electron chi connectivity index (χ4n) is 6.65. The number of morpholine rings is 1. The molecule has 2 atom stereocenters. The van der Waals surface area contributed by atoms with Crippen LogP contribution in [0.2, 0.25) is 5.02 Å². The molecule has 11 nitrogen and oxygen atoms in total. The molecule has 46 heavy (non-hydrogen) atoms. The van der Waals surface area contributed by atoms with Gasteiger partial charge in [-0.1, -0.05) is 24.6 Å². The third kappa shape index (κ3) is 4.88. The van der Waals surface area contributed by atoms with Crippen LogP contribution in [0.15, 0.2) is 34.4 Å². The van der Waals surface area contributed by atoms with Crippen LogP contribution in [0.4, 0.5) is 34.9 Å². The van der Waals surface area contributed by atoms with Crippen LogP contribution in [-0.4, -0.2) is 77.7 Å². The number of nitrogen functional groups attached to an aromatic ring is 2. The molecule has 1 aromatic carbocycles. The molecule has 0 aliphatic carbocycles. The Morgan fingerprint density at radius 2 is 2.00 bits per heavy atom. The first kappa shape index (κ1) is 30.4.